The highest BCUT2D eigenvalue weighted by Gasteiger charge is 2.61. The molecule has 0 aliphatic rings. The van der Waals surface area contributed by atoms with E-state index >= 15 is 0 Å². The molecule has 1 aromatic heterocycles. The zero-order valence-corrected chi connectivity index (χ0v) is 21.1. The van der Waals surface area contributed by atoms with Crippen molar-refractivity contribution < 1.29 is 28.1 Å². The van der Waals surface area contributed by atoms with E-state index in [0.717, 1.165) is 11.8 Å². The fraction of sp³-hybridized carbons (Fsp3) is 0.440. The Hall–Kier alpha value is -2.47. The van der Waals surface area contributed by atoms with Gasteiger partial charge in [-0.3, -0.25) is 4.98 Å². The lowest BCUT2D eigenvalue weighted by Crippen LogP contribution is -2.46. The summed E-state index contributed by atoms with van der Waals surface area (Å²) < 4.78 is 37.1. The van der Waals surface area contributed by atoms with Gasteiger partial charge in [-0.05, 0) is 47.2 Å². The molecule has 1 N–H and O–H groups in total. The summed E-state index contributed by atoms with van der Waals surface area (Å²) in [6.45, 7) is 14.8. The van der Waals surface area contributed by atoms with E-state index in [-0.39, 0.29) is 17.1 Å². The van der Waals surface area contributed by atoms with Gasteiger partial charge in [0.25, 0.3) is 0 Å². The van der Waals surface area contributed by atoms with Gasteiger partial charge in [-0.2, -0.15) is 0 Å². The van der Waals surface area contributed by atoms with E-state index in [1.165, 1.54) is 26.2 Å². The lowest BCUT2D eigenvalue weighted by atomic mass is 9.88. The van der Waals surface area contributed by atoms with E-state index < -0.39 is 31.1 Å². The van der Waals surface area contributed by atoms with Crippen LogP contribution in [-0.2, 0) is 19.3 Å². The van der Waals surface area contributed by atoms with E-state index in [0.29, 0.717) is 16.8 Å². The van der Waals surface area contributed by atoms with Crippen molar-refractivity contribution in [3.05, 3.63) is 60.2 Å². The van der Waals surface area contributed by atoms with Gasteiger partial charge in [0.1, 0.15) is 11.9 Å². The summed E-state index contributed by atoms with van der Waals surface area (Å²) in [7, 11) is -1.51. The zero-order chi connectivity index (χ0) is 25.1. The van der Waals surface area contributed by atoms with Crippen molar-refractivity contribution in [1.29, 1.82) is 0 Å². The van der Waals surface area contributed by atoms with Crippen LogP contribution in [0.25, 0.3) is 11.1 Å². The van der Waals surface area contributed by atoms with Crippen molar-refractivity contribution in [2.75, 3.05) is 7.11 Å². The second-order valence-corrected chi connectivity index (χ2v) is 10.8. The molecule has 0 aliphatic heterocycles. The number of halogens is 1. The van der Waals surface area contributed by atoms with E-state index in [1.54, 1.807) is 18.2 Å². The van der Waals surface area contributed by atoms with Crippen LogP contribution in [0.3, 0.4) is 0 Å². The number of aromatic nitrogens is 1. The normalized spacial score (nSPS) is 15.0. The topological polar surface area (TPSA) is 85.7 Å². The predicted molar refractivity (Wildman–Crippen MR) is 127 cm³/mol. The SMILES string of the molecule is C=CC(C(=O)Oc1c(-c2ccc(F)cc2)cc(C(C)(C)C)nc1C(C)C)(C(C)O)[P+](=O)OC. The standard InChI is InChI=1S/C25H32FNO5P/c1-9-25(16(4)28,33(30)31-8)23(29)32-22-19(17-10-12-18(26)13-11-17)14-20(24(5,6)7)27-21(22)15(2)3/h9-16,28H,1H2,2-8H3/q+1. The predicted octanol–water partition coefficient (Wildman–Crippen LogP) is 5.91. The molecule has 3 unspecified atom stereocenters. The monoisotopic (exact) mass is 476 g/mol. The zero-order valence-electron chi connectivity index (χ0n) is 20.2. The maximum atomic E-state index is 13.6. The van der Waals surface area contributed by atoms with Crippen molar-refractivity contribution in [3.63, 3.8) is 0 Å². The van der Waals surface area contributed by atoms with Crippen molar-refractivity contribution in [3.8, 4) is 16.9 Å². The maximum Gasteiger partial charge on any atom is 0.533 e. The molecular formula is C25H32FNO5P+. The van der Waals surface area contributed by atoms with Crippen LogP contribution in [0.4, 0.5) is 4.39 Å². The first-order chi connectivity index (χ1) is 15.3. The van der Waals surface area contributed by atoms with Crippen molar-refractivity contribution in [2.45, 2.75) is 64.1 Å². The van der Waals surface area contributed by atoms with E-state index in [2.05, 4.69) is 6.58 Å². The summed E-state index contributed by atoms with van der Waals surface area (Å²) in [5.41, 5.74) is 2.10. The Morgan fingerprint density at radius 3 is 2.21 bits per heavy atom. The lowest BCUT2D eigenvalue weighted by Gasteiger charge is -2.25. The van der Waals surface area contributed by atoms with Crippen molar-refractivity contribution in [1.82, 2.24) is 4.98 Å². The Labute approximate surface area is 195 Å². The van der Waals surface area contributed by atoms with Crippen LogP contribution in [0.1, 0.15) is 58.8 Å². The Morgan fingerprint density at radius 2 is 1.79 bits per heavy atom. The molecule has 8 heteroatoms. The molecule has 3 atom stereocenters. The molecule has 0 bridgehead atoms. The highest BCUT2D eigenvalue weighted by molar-refractivity contribution is 7.43. The highest BCUT2D eigenvalue weighted by Crippen LogP contribution is 2.46. The third-order valence-corrected chi connectivity index (χ3v) is 7.08. The Morgan fingerprint density at radius 1 is 1.21 bits per heavy atom. The summed E-state index contributed by atoms with van der Waals surface area (Å²) in [6.07, 6.45) is -0.309. The minimum absolute atomic E-state index is 0.143. The number of ether oxygens (including phenoxy) is 1. The molecule has 2 rings (SSSR count). The van der Waals surface area contributed by atoms with Crippen LogP contribution in [-0.4, -0.2) is 34.4 Å². The number of esters is 1. The average Bonchev–Trinajstić information content (AvgIpc) is 2.73. The van der Waals surface area contributed by atoms with E-state index in [1.807, 2.05) is 34.6 Å². The number of aliphatic hydroxyl groups is 1. The number of pyridine rings is 1. The van der Waals surface area contributed by atoms with Crippen LogP contribution in [0.2, 0.25) is 0 Å². The van der Waals surface area contributed by atoms with E-state index in [9.17, 15) is 18.9 Å². The van der Waals surface area contributed by atoms with Crippen molar-refractivity contribution in [2.24, 2.45) is 0 Å². The van der Waals surface area contributed by atoms with Gasteiger partial charge in [0.2, 0.25) is 0 Å². The van der Waals surface area contributed by atoms with Crippen LogP contribution in [0.15, 0.2) is 43.0 Å². The molecule has 0 fully saturated rings. The molecule has 0 spiro atoms. The second kappa shape index (κ2) is 10.2. The van der Waals surface area contributed by atoms with Crippen LogP contribution in [0.5, 0.6) is 5.75 Å². The van der Waals surface area contributed by atoms with Gasteiger partial charge < -0.3 is 9.84 Å². The quantitative estimate of drug-likeness (QED) is 0.290. The molecule has 0 amide bonds. The smallest absolute Gasteiger partial charge is 0.420 e. The fourth-order valence-corrected chi connectivity index (χ4v) is 4.28. The van der Waals surface area contributed by atoms with Crippen LogP contribution >= 0.6 is 8.03 Å². The molecule has 1 aromatic carbocycles. The highest BCUT2D eigenvalue weighted by atomic mass is 31.1. The maximum absolute atomic E-state index is 13.6. The second-order valence-electron chi connectivity index (χ2n) is 9.22. The minimum atomic E-state index is -2.68. The number of hydrogen-bond donors (Lipinski definition) is 1. The molecule has 0 saturated heterocycles. The van der Waals surface area contributed by atoms with Crippen LogP contribution < -0.4 is 4.74 Å². The average molecular weight is 477 g/mol. The molecule has 1 heterocycles. The number of benzene rings is 1. The summed E-state index contributed by atoms with van der Waals surface area (Å²) in [6, 6.07) is 7.61. The van der Waals surface area contributed by atoms with Gasteiger partial charge in [0.15, 0.2) is 5.75 Å². The summed E-state index contributed by atoms with van der Waals surface area (Å²) >= 11 is 0. The number of carbonyl (C=O) groups excluding carboxylic acids is 1. The number of rotatable bonds is 8. The Balaban J connectivity index is 2.82. The molecule has 0 saturated carbocycles. The molecule has 2 aromatic rings. The summed E-state index contributed by atoms with van der Waals surface area (Å²) in [5, 5.41) is 8.38. The number of carbonyl (C=O) groups is 1. The number of nitrogens with zero attached hydrogens (tertiary/aromatic N) is 1. The first kappa shape index (κ1) is 26.8. The van der Waals surface area contributed by atoms with Gasteiger partial charge in [-0.1, -0.05) is 53.3 Å². The molecular weight excluding hydrogens is 444 g/mol. The Kier molecular flexibility index (Phi) is 8.28. The van der Waals surface area contributed by atoms with Gasteiger partial charge in [-0.15, -0.1) is 4.52 Å². The molecule has 33 heavy (non-hydrogen) atoms. The third-order valence-electron chi connectivity index (χ3n) is 5.41. The largest absolute Gasteiger partial charge is 0.533 e. The summed E-state index contributed by atoms with van der Waals surface area (Å²) in [4.78, 5) is 18.2. The minimum Gasteiger partial charge on any atom is -0.420 e. The molecule has 0 aliphatic carbocycles. The first-order valence-corrected chi connectivity index (χ1v) is 11.8. The molecule has 0 radical (unpaired) electrons. The summed E-state index contributed by atoms with van der Waals surface area (Å²) in [5.74, 6) is -1.37. The number of hydrogen-bond acceptors (Lipinski definition) is 6. The van der Waals surface area contributed by atoms with Crippen LogP contribution in [0, 0.1) is 5.82 Å². The Bertz CT molecular complexity index is 1040. The van der Waals surface area contributed by atoms with Gasteiger partial charge in [-0.25, -0.2) is 9.18 Å². The van der Waals surface area contributed by atoms with E-state index in [4.69, 9.17) is 14.2 Å². The van der Waals surface area contributed by atoms with Gasteiger partial charge in [0, 0.05) is 16.7 Å². The number of aliphatic hydroxyl groups excluding tert-OH is 1. The van der Waals surface area contributed by atoms with Gasteiger partial charge in [0.05, 0.1) is 12.8 Å². The molecule has 6 nitrogen and oxygen atoms in total. The fourth-order valence-electron chi connectivity index (χ4n) is 3.33. The lowest BCUT2D eigenvalue weighted by molar-refractivity contribution is -0.138. The third kappa shape index (κ3) is 5.37. The van der Waals surface area contributed by atoms with Crippen molar-refractivity contribution >= 4 is 14.0 Å². The first-order valence-electron chi connectivity index (χ1n) is 10.7. The van der Waals surface area contributed by atoms with Gasteiger partial charge >= 0.3 is 19.2 Å². The molecule has 178 valence electrons.